The first kappa shape index (κ1) is 21.3. The molecule has 0 saturated heterocycles. The lowest BCUT2D eigenvalue weighted by Crippen LogP contribution is -2.39. The number of benzene rings is 2. The first-order chi connectivity index (χ1) is 13.7. The van der Waals surface area contributed by atoms with Crippen LogP contribution in [-0.4, -0.2) is 50.1 Å². The van der Waals surface area contributed by atoms with Crippen molar-refractivity contribution >= 4 is 11.9 Å². The Hall–Kier alpha value is -3.02. The lowest BCUT2D eigenvalue weighted by Gasteiger charge is -2.17. The molecule has 2 aromatic carbocycles. The van der Waals surface area contributed by atoms with Crippen LogP contribution in [0.1, 0.15) is 18.9 Å². The Morgan fingerprint density at radius 3 is 2.39 bits per heavy atom. The Morgan fingerprint density at radius 2 is 1.71 bits per heavy atom. The number of para-hydroxylation sites is 1. The van der Waals surface area contributed by atoms with Crippen molar-refractivity contribution in [2.45, 2.75) is 19.9 Å². The molecule has 2 aromatic rings. The minimum Gasteiger partial charge on any atom is -0.492 e. The number of amides is 1. The first-order valence-electron chi connectivity index (χ1n) is 9.67. The summed E-state index contributed by atoms with van der Waals surface area (Å²) in [6.45, 7) is 4.98. The smallest absolute Gasteiger partial charge is 0.224 e. The standard InChI is InChI=1S/C22H30N4O2/c1-3-23-22(25-16-17-28-20-12-8-5-9-13-20)24-15-14-21(27)26(2)18-19-10-6-4-7-11-19/h4-13H,3,14-18H2,1-2H3,(H2,23,24,25). The maximum atomic E-state index is 12.3. The summed E-state index contributed by atoms with van der Waals surface area (Å²) in [6.07, 6.45) is 0.375. The maximum Gasteiger partial charge on any atom is 0.224 e. The van der Waals surface area contributed by atoms with Crippen LogP contribution in [0.25, 0.3) is 0 Å². The second-order valence-electron chi connectivity index (χ2n) is 6.33. The number of hydrogen-bond donors (Lipinski definition) is 2. The van der Waals surface area contributed by atoms with Gasteiger partial charge in [-0.2, -0.15) is 0 Å². The number of rotatable bonds is 10. The third-order valence-electron chi connectivity index (χ3n) is 4.03. The van der Waals surface area contributed by atoms with E-state index >= 15 is 0 Å². The van der Waals surface area contributed by atoms with Crippen molar-refractivity contribution in [3.8, 4) is 5.75 Å². The normalized spacial score (nSPS) is 11.0. The number of aliphatic imine (C=N–C) groups is 1. The van der Waals surface area contributed by atoms with Crippen LogP contribution >= 0.6 is 0 Å². The van der Waals surface area contributed by atoms with E-state index in [9.17, 15) is 4.79 Å². The number of ether oxygens (including phenoxy) is 1. The molecule has 0 radical (unpaired) electrons. The number of carbonyl (C=O) groups is 1. The number of carbonyl (C=O) groups excluding carboxylic acids is 1. The topological polar surface area (TPSA) is 66.0 Å². The van der Waals surface area contributed by atoms with Crippen molar-refractivity contribution < 1.29 is 9.53 Å². The molecule has 2 rings (SSSR count). The van der Waals surface area contributed by atoms with Gasteiger partial charge in [0.05, 0.1) is 13.1 Å². The highest BCUT2D eigenvalue weighted by Crippen LogP contribution is 2.07. The molecule has 0 unspecified atom stereocenters. The molecule has 0 fully saturated rings. The van der Waals surface area contributed by atoms with E-state index in [1.54, 1.807) is 4.90 Å². The van der Waals surface area contributed by atoms with Gasteiger partial charge in [-0.25, -0.2) is 0 Å². The lowest BCUT2D eigenvalue weighted by molar-refractivity contribution is -0.130. The van der Waals surface area contributed by atoms with Crippen LogP contribution in [-0.2, 0) is 11.3 Å². The summed E-state index contributed by atoms with van der Waals surface area (Å²) in [7, 11) is 1.82. The van der Waals surface area contributed by atoms with Crippen LogP contribution in [0.2, 0.25) is 0 Å². The summed E-state index contributed by atoms with van der Waals surface area (Å²) in [5, 5.41) is 6.41. The highest BCUT2D eigenvalue weighted by atomic mass is 16.5. The molecule has 6 nitrogen and oxygen atoms in total. The van der Waals surface area contributed by atoms with Crippen molar-refractivity contribution in [1.82, 2.24) is 15.5 Å². The zero-order valence-corrected chi connectivity index (χ0v) is 16.7. The zero-order chi connectivity index (χ0) is 20.0. The molecule has 150 valence electrons. The largest absolute Gasteiger partial charge is 0.492 e. The molecular weight excluding hydrogens is 352 g/mol. The van der Waals surface area contributed by atoms with Crippen LogP contribution in [0.15, 0.2) is 65.7 Å². The minimum absolute atomic E-state index is 0.0795. The van der Waals surface area contributed by atoms with E-state index in [2.05, 4.69) is 15.6 Å². The van der Waals surface area contributed by atoms with Gasteiger partial charge in [0.15, 0.2) is 5.96 Å². The van der Waals surface area contributed by atoms with Gasteiger partial charge in [-0.3, -0.25) is 9.79 Å². The predicted octanol–water partition coefficient (Wildman–Crippen LogP) is 2.67. The Labute approximate surface area is 167 Å². The summed E-state index contributed by atoms with van der Waals surface area (Å²) >= 11 is 0. The summed E-state index contributed by atoms with van der Waals surface area (Å²) in [5.41, 5.74) is 1.12. The molecule has 2 N–H and O–H groups in total. The van der Waals surface area contributed by atoms with E-state index in [-0.39, 0.29) is 5.91 Å². The van der Waals surface area contributed by atoms with E-state index < -0.39 is 0 Å². The molecule has 0 aliphatic carbocycles. The van der Waals surface area contributed by atoms with Gasteiger partial charge >= 0.3 is 0 Å². The Morgan fingerprint density at radius 1 is 1.04 bits per heavy atom. The van der Waals surface area contributed by atoms with E-state index in [4.69, 9.17) is 4.74 Å². The van der Waals surface area contributed by atoms with Gasteiger partial charge in [-0.1, -0.05) is 48.5 Å². The van der Waals surface area contributed by atoms with E-state index in [1.165, 1.54) is 0 Å². The first-order valence-corrected chi connectivity index (χ1v) is 9.67. The average molecular weight is 383 g/mol. The molecule has 0 aliphatic rings. The highest BCUT2D eigenvalue weighted by molar-refractivity contribution is 5.80. The molecular formula is C22H30N4O2. The summed E-state index contributed by atoms with van der Waals surface area (Å²) in [6, 6.07) is 19.7. The van der Waals surface area contributed by atoms with Crippen molar-refractivity contribution in [2.24, 2.45) is 4.99 Å². The number of guanidine groups is 1. The van der Waals surface area contributed by atoms with E-state index in [0.717, 1.165) is 17.9 Å². The average Bonchev–Trinajstić information content (AvgIpc) is 2.72. The van der Waals surface area contributed by atoms with Gasteiger partial charge < -0.3 is 20.3 Å². The van der Waals surface area contributed by atoms with Gasteiger partial charge in [0.25, 0.3) is 0 Å². The fraction of sp³-hybridized carbons (Fsp3) is 0.364. The molecule has 1 amide bonds. The van der Waals surface area contributed by atoms with Crippen LogP contribution in [0, 0.1) is 0 Å². The van der Waals surface area contributed by atoms with Crippen molar-refractivity contribution in [2.75, 3.05) is 33.3 Å². The third-order valence-corrected chi connectivity index (χ3v) is 4.03. The molecule has 0 saturated carbocycles. The second kappa shape index (κ2) is 12.4. The van der Waals surface area contributed by atoms with E-state index in [0.29, 0.717) is 38.6 Å². The Bertz CT molecular complexity index is 720. The predicted molar refractivity (Wildman–Crippen MR) is 113 cm³/mol. The fourth-order valence-corrected chi connectivity index (χ4v) is 2.60. The van der Waals surface area contributed by atoms with Gasteiger partial charge in [0, 0.05) is 26.6 Å². The lowest BCUT2D eigenvalue weighted by atomic mass is 10.2. The molecule has 6 heteroatoms. The van der Waals surface area contributed by atoms with Crippen LogP contribution < -0.4 is 15.4 Å². The van der Waals surface area contributed by atoms with Crippen molar-refractivity contribution in [3.63, 3.8) is 0 Å². The molecule has 0 spiro atoms. The van der Waals surface area contributed by atoms with Gasteiger partial charge in [0.2, 0.25) is 5.91 Å². The monoisotopic (exact) mass is 382 g/mol. The quantitative estimate of drug-likeness (QED) is 0.377. The number of nitrogens with one attached hydrogen (secondary N) is 2. The summed E-state index contributed by atoms with van der Waals surface area (Å²) < 4.78 is 5.66. The van der Waals surface area contributed by atoms with Crippen LogP contribution in [0.4, 0.5) is 0 Å². The third kappa shape index (κ3) is 8.12. The SMILES string of the molecule is CCNC(=NCCC(=O)N(C)Cc1ccccc1)NCCOc1ccccc1. The van der Waals surface area contributed by atoms with E-state index in [1.807, 2.05) is 74.6 Å². The maximum absolute atomic E-state index is 12.3. The second-order valence-corrected chi connectivity index (χ2v) is 6.33. The van der Waals surface area contributed by atoms with Crippen LogP contribution in [0.5, 0.6) is 5.75 Å². The number of hydrogen-bond acceptors (Lipinski definition) is 3. The minimum atomic E-state index is 0.0795. The molecule has 28 heavy (non-hydrogen) atoms. The zero-order valence-electron chi connectivity index (χ0n) is 16.7. The Kier molecular flexibility index (Phi) is 9.41. The van der Waals surface area contributed by atoms with Crippen molar-refractivity contribution in [1.29, 1.82) is 0 Å². The fourth-order valence-electron chi connectivity index (χ4n) is 2.60. The van der Waals surface area contributed by atoms with Crippen molar-refractivity contribution in [3.05, 3.63) is 66.2 Å². The van der Waals surface area contributed by atoms with Gasteiger partial charge in [-0.15, -0.1) is 0 Å². The molecule has 0 aliphatic heterocycles. The number of nitrogens with zero attached hydrogens (tertiary/aromatic N) is 2. The summed E-state index contributed by atoms with van der Waals surface area (Å²) in [4.78, 5) is 18.5. The summed E-state index contributed by atoms with van der Waals surface area (Å²) in [5.74, 6) is 1.62. The molecule has 0 bridgehead atoms. The Balaban J connectivity index is 1.71. The highest BCUT2D eigenvalue weighted by Gasteiger charge is 2.08. The van der Waals surface area contributed by atoms with Crippen LogP contribution in [0.3, 0.4) is 0 Å². The molecule has 0 atom stereocenters. The molecule has 0 heterocycles. The van der Waals surface area contributed by atoms with Gasteiger partial charge in [-0.05, 0) is 24.6 Å². The van der Waals surface area contributed by atoms with Gasteiger partial charge in [0.1, 0.15) is 12.4 Å². The molecule has 0 aromatic heterocycles.